The number of nitrogens with two attached hydrogens (primary N) is 2. The Morgan fingerprint density at radius 3 is 2.39 bits per heavy atom. The number of rotatable bonds is 9. The number of benzene rings is 2. The Morgan fingerprint density at radius 1 is 1.18 bits per heavy atom. The third-order valence-electron chi connectivity index (χ3n) is 7.74. The highest BCUT2D eigenvalue weighted by Crippen LogP contribution is 2.42. The van der Waals surface area contributed by atoms with Crippen molar-refractivity contribution in [1.29, 1.82) is 5.41 Å². The van der Waals surface area contributed by atoms with Crippen molar-refractivity contribution in [3.63, 3.8) is 0 Å². The molecular weight excluding hydrogens is 508 g/mol. The molecule has 12 heteroatoms. The van der Waals surface area contributed by atoms with Crippen LogP contribution in [0.4, 0.5) is 0 Å². The number of aliphatic hydroxyl groups is 1. The molecule has 11 nitrogen and oxygen atoms in total. The van der Waals surface area contributed by atoms with E-state index in [1.54, 1.807) is 22.0 Å². The number of hydrogen-bond acceptors (Lipinski definition) is 8. The summed E-state index contributed by atoms with van der Waals surface area (Å²) in [6.45, 7) is 1.92. The van der Waals surface area contributed by atoms with Crippen LogP contribution in [-0.2, 0) is 21.4 Å². The Hall–Kier alpha value is -2.90. The number of carbonyl (C=O) groups excluding carboxylic acids is 2. The zero-order chi connectivity index (χ0) is 27.6. The minimum absolute atomic E-state index is 0.0245. The third-order valence-corrected chi connectivity index (χ3v) is 9.62. The topological polar surface area (TPSA) is 174 Å². The first-order valence-electron chi connectivity index (χ1n) is 12.9. The highest BCUT2D eigenvalue weighted by atomic mass is 32.2. The fourth-order valence-corrected chi connectivity index (χ4v) is 7.96. The molecule has 6 N–H and O–H groups in total. The number of Topliss-reactive ketones (excluding diaryl/α,β-unsaturated/α-hetero) is 1. The second-order valence-electron chi connectivity index (χ2n) is 9.87. The molecule has 0 bridgehead atoms. The van der Waals surface area contributed by atoms with Crippen molar-refractivity contribution in [1.82, 2.24) is 14.3 Å². The number of fused-ring (bicyclic) bond motifs is 1. The average Bonchev–Trinajstić information content (AvgIpc) is 3.38. The number of likely N-dealkylation sites (tertiary alicyclic amines) is 1. The monoisotopic (exact) mass is 544 g/mol. The number of guanidine groups is 1. The summed E-state index contributed by atoms with van der Waals surface area (Å²) in [5.74, 6) is -0.626. The normalized spacial score (nSPS) is 19.4. The van der Waals surface area contributed by atoms with E-state index in [4.69, 9.17) is 16.9 Å². The predicted octanol–water partition coefficient (Wildman–Crippen LogP) is 1.14. The minimum Gasteiger partial charge on any atom is -0.392 e. The average molecular weight is 545 g/mol. The summed E-state index contributed by atoms with van der Waals surface area (Å²) in [6.07, 6.45) is 3.07. The third kappa shape index (κ3) is 4.94. The highest BCUT2D eigenvalue weighted by molar-refractivity contribution is 7.89. The van der Waals surface area contributed by atoms with Crippen LogP contribution in [0.2, 0.25) is 0 Å². The zero-order valence-electron chi connectivity index (χ0n) is 21.6. The van der Waals surface area contributed by atoms with Gasteiger partial charge in [0.2, 0.25) is 0 Å². The van der Waals surface area contributed by atoms with Gasteiger partial charge in [-0.15, -0.1) is 4.41 Å². The van der Waals surface area contributed by atoms with Crippen LogP contribution in [0.3, 0.4) is 0 Å². The molecule has 2 aliphatic heterocycles. The second kappa shape index (κ2) is 11.5. The first kappa shape index (κ1) is 28.1. The minimum atomic E-state index is -4.46. The Morgan fingerprint density at radius 2 is 1.84 bits per heavy atom. The summed E-state index contributed by atoms with van der Waals surface area (Å²) in [5, 5.41) is 21.1. The van der Waals surface area contributed by atoms with Gasteiger partial charge in [0.15, 0.2) is 11.7 Å². The van der Waals surface area contributed by atoms with Crippen LogP contribution < -0.4 is 11.5 Å². The smallest absolute Gasteiger partial charge is 0.257 e. The number of hydrazine groups is 1. The Bertz CT molecular complexity index is 1340. The number of sulfonamides is 1. The number of nitrogens with one attached hydrogen (secondary N) is 1. The van der Waals surface area contributed by atoms with Gasteiger partial charge in [-0.2, -0.15) is 0 Å². The largest absolute Gasteiger partial charge is 0.392 e. The van der Waals surface area contributed by atoms with E-state index in [0.29, 0.717) is 61.5 Å². The van der Waals surface area contributed by atoms with E-state index < -0.39 is 29.0 Å². The molecule has 38 heavy (non-hydrogen) atoms. The number of hydrogen-bond donors (Lipinski definition) is 4. The van der Waals surface area contributed by atoms with Gasteiger partial charge >= 0.3 is 0 Å². The van der Waals surface area contributed by atoms with Crippen molar-refractivity contribution in [2.45, 2.75) is 56.1 Å². The maximum Gasteiger partial charge on any atom is 0.257 e. The number of carbonyl (C=O) groups is 2. The van der Waals surface area contributed by atoms with Gasteiger partial charge in [-0.05, 0) is 54.9 Å². The number of nitrogens with zero attached hydrogens (tertiary/aromatic N) is 3. The van der Waals surface area contributed by atoms with E-state index in [1.807, 2.05) is 12.1 Å². The first-order valence-corrected chi connectivity index (χ1v) is 14.3. The van der Waals surface area contributed by atoms with Gasteiger partial charge in [0.25, 0.3) is 10.0 Å². The highest BCUT2D eigenvalue weighted by Gasteiger charge is 2.41. The first-order chi connectivity index (χ1) is 18.2. The lowest BCUT2D eigenvalue weighted by molar-refractivity contribution is -0.110. The quantitative estimate of drug-likeness (QED) is 0.156. The van der Waals surface area contributed by atoms with Crippen molar-refractivity contribution in [3.8, 4) is 0 Å². The molecule has 0 spiro atoms. The van der Waals surface area contributed by atoms with Crippen LogP contribution in [0.1, 0.15) is 60.0 Å². The standard InChI is InChI=1S/C26H36N6O5S/c1-17(35)23-24(18-8-11-30(12-9-18)26(28)29)21-7-3-2-6-20(21)22(16-34)25(23)38(36,37)32(13-14-33)31-10-4-5-19(31)15-27/h2-3,6-7,14,18-19,34H,4-5,8-13,15-16,27H2,1H3,(H3,28,29). The number of piperidine rings is 1. The van der Waals surface area contributed by atoms with E-state index in [0.717, 1.165) is 10.8 Å². The van der Waals surface area contributed by atoms with Crippen LogP contribution in [-0.4, -0.2) is 84.6 Å². The number of ketones is 1. The van der Waals surface area contributed by atoms with Crippen molar-refractivity contribution < 1.29 is 23.1 Å². The van der Waals surface area contributed by atoms with Gasteiger partial charge in [0.05, 0.1) is 13.2 Å². The molecule has 0 aromatic heterocycles. The van der Waals surface area contributed by atoms with Gasteiger partial charge in [-0.25, -0.2) is 13.4 Å². The SMILES string of the molecule is CC(=O)c1c(S(=O)(=O)N(CC=O)N2CCCC2CN)c(CO)c2ccccc2c1C1CCN(C(=N)N)CC1. The molecular formula is C26H36N6O5S. The Kier molecular flexibility index (Phi) is 8.48. The van der Waals surface area contributed by atoms with E-state index in [2.05, 4.69) is 0 Å². The van der Waals surface area contributed by atoms with E-state index in [-0.39, 0.29) is 40.5 Å². The van der Waals surface area contributed by atoms with Crippen molar-refractivity contribution in [2.24, 2.45) is 11.5 Å². The molecule has 1 atom stereocenters. The molecule has 0 radical (unpaired) electrons. The lowest BCUT2D eigenvalue weighted by Crippen LogP contribution is -2.52. The van der Waals surface area contributed by atoms with Gasteiger partial charge in [0.1, 0.15) is 11.2 Å². The lowest BCUT2D eigenvalue weighted by Gasteiger charge is -2.36. The summed E-state index contributed by atoms with van der Waals surface area (Å²) in [5.41, 5.74) is 12.4. The maximum absolute atomic E-state index is 14.5. The Labute approximate surface area is 222 Å². The van der Waals surface area contributed by atoms with Gasteiger partial charge < -0.3 is 26.3 Å². The van der Waals surface area contributed by atoms with Crippen molar-refractivity contribution in [3.05, 3.63) is 41.0 Å². The molecule has 2 aromatic carbocycles. The van der Waals surface area contributed by atoms with Crippen LogP contribution in [0.5, 0.6) is 0 Å². The lowest BCUT2D eigenvalue weighted by atomic mass is 9.81. The van der Waals surface area contributed by atoms with Gasteiger partial charge in [-0.3, -0.25) is 10.2 Å². The molecule has 2 aromatic rings. The molecule has 0 amide bonds. The molecule has 2 saturated heterocycles. The summed E-state index contributed by atoms with van der Waals surface area (Å²) < 4.78 is 30.0. The van der Waals surface area contributed by atoms with Crippen LogP contribution in [0, 0.1) is 5.41 Å². The number of aldehydes is 1. The van der Waals surface area contributed by atoms with Crippen LogP contribution in [0.25, 0.3) is 10.8 Å². The molecule has 0 saturated carbocycles. The Balaban J connectivity index is 2.00. The fraction of sp³-hybridized carbons (Fsp3) is 0.500. The number of aliphatic hydroxyl groups excluding tert-OH is 1. The summed E-state index contributed by atoms with van der Waals surface area (Å²) in [6, 6.07) is 6.92. The van der Waals surface area contributed by atoms with Crippen molar-refractivity contribution >= 4 is 38.8 Å². The zero-order valence-corrected chi connectivity index (χ0v) is 22.4. The summed E-state index contributed by atoms with van der Waals surface area (Å²) in [4.78, 5) is 26.6. The van der Waals surface area contributed by atoms with Crippen LogP contribution in [0.15, 0.2) is 29.2 Å². The van der Waals surface area contributed by atoms with Gasteiger partial charge in [-0.1, -0.05) is 24.3 Å². The molecule has 1 unspecified atom stereocenters. The molecule has 4 rings (SSSR count). The van der Waals surface area contributed by atoms with E-state index >= 15 is 0 Å². The predicted molar refractivity (Wildman–Crippen MR) is 144 cm³/mol. The van der Waals surface area contributed by atoms with Crippen LogP contribution >= 0.6 is 0 Å². The second-order valence-corrected chi connectivity index (χ2v) is 11.7. The molecule has 2 fully saturated rings. The molecule has 206 valence electrons. The summed E-state index contributed by atoms with van der Waals surface area (Å²) >= 11 is 0. The van der Waals surface area contributed by atoms with Crippen molar-refractivity contribution in [2.75, 3.05) is 32.7 Å². The summed E-state index contributed by atoms with van der Waals surface area (Å²) in [7, 11) is -4.46. The molecule has 2 aliphatic rings. The van der Waals surface area contributed by atoms with E-state index in [9.17, 15) is 23.1 Å². The molecule has 2 heterocycles. The fourth-order valence-electron chi connectivity index (χ4n) is 6.00. The molecule has 0 aliphatic carbocycles. The van der Waals surface area contributed by atoms with Gasteiger partial charge in [0, 0.05) is 43.3 Å². The van der Waals surface area contributed by atoms with E-state index in [1.165, 1.54) is 6.92 Å². The maximum atomic E-state index is 14.5.